The van der Waals surface area contributed by atoms with Crippen molar-refractivity contribution in [3.8, 4) is 5.88 Å². The van der Waals surface area contributed by atoms with Gasteiger partial charge in [-0.1, -0.05) is 6.08 Å². The van der Waals surface area contributed by atoms with Crippen molar-refractivity contribution >= 4 is 23.3 Å². The van der Waals surface area contributed by atoms with Crippen molar-refractivity contribution in [2.24, 2.45) is 0 Å². The number of carbonyl (C=O) groups is 2. The van der Waals surface area contributed by atoms with Gasteiger partial charge in [-0.2, -0.15) is 0 Å². The predicted octanol–water partition coefficient (Wildman–Crippen LogP) is 2.99. The van der Waals surface area contributed by atoms with Crippen LogP contribution in [0.2, 0.25) is 0 Å². The minimum Gasteiger partial charge on any atom is -0.471 e. The number of cyclic esters (lactones) is 1. The molecule has 0 bridgehead atoms. The zero-order chi connectivity index (χ0) is 21.3. The lowest BCUT2D eigenvalue weighted by atomic mass is 9.97. The smallest absolute Gasteiger partial charge is 0.414 e. The van der Waals surface area contributed by atoms with Crippen LogP contribution in [-0.4, -0.2) is 54.4 Å². The lowest BCUT2D eigenvalue weighted by Crippen LogP contribution is -2.32. The molecule has 1 saturated heterocycles. The third-order valence-electron chi connectivity index (χ3n) is 5.02. The van der Waals surface area contributed by atoms with Crippen molar-refractivity contribution in [3.63, 3.8) is 0 Å². The summed E-state index contributed by atoms with van der Waals surface area (Å²) in [4.78, 5) is 26.3. The van der Waals surface area contributed by atoms with E-state index >= 15 is 0 Å². The summed E-state index contributed by atoms with van der Waals surface area (Å²) < 4.78 is 44.7. The molecule has 2 aromatic rings. The molecule has 1 fully saturated rings. The van der Waals surface area contributed by atoms with Gasteiger partial charge in [-0.15, -0.1) is 0 Å². The maximum absolute atomic E-state index is 14.8. The van der Waals surface area contributed by atoms with E-state index in [2.05, 4.69) is 9.68 Å². The third-order valence-corrected chi connectivity index (χ3v) is 5.02. The molecule has 4 rings (SSSR count). The van der Waals surface area contributed by atoms with E-state index < -0.39 is 23.8 Å². The fourth-order valence-electron chi connectivity index (χ4n) is 3.48. The number of benzene rings is 1. The van der Waals surface area contributed by atoms with Gasteiger partial charge in [0.15, 0.2) is 6.10 Å². The normalized spacial score (nSPS) is 19.0. The maximum atomic E-state index is 14.8. The molecule has 8 nitrogen and oxygen atoms in total. The molecule has 10 heteroatoms. The summed E-state index contributed by atoms with van der Waals surface area (Å²) in [6.45, 7) is 2.25. The Bertz CT molecular complexity index is 969. The van der Waals surface area contributed by atoms with Crippen molar-refractivity contribution < 1.29 is 32.4 Å². The number of amides is 2. The van der Waals surface area contributed by atoms with Crippen LogP contribution in [0.15, 0.2) is 35.1 Å². The van der Waals surface area contributed by atoms with Gasteiger partial charge in [-0.05, 0) is 29.3 Å². The van der Waals surface area contributed by atoms with Gasteiger partial charge in [0, 0.05) is 31.6 Å². The Morgan fingerprint density at radius 2 is 2.10 bits per heavy atom. The molecule has 3 heterocycles. The topological polar surface area (TPSA) is 85.1 Å². The van der Waals surface area contributed by atoms with Gasteiger partial charge in [-0.25, -0.2) is 13.6 Å². The zero-order valence-corrected chi connectivity index (χ0v) is 16.1. The number of halogens is 2. The van der Waals surface area contributed by atoms with Crippen LogP contribution >= 0.6 is 0 Å². The molecular weight excluding hydrogens is 400 g/mol. The van der Waals surface area contributed by atoms with Crippen molar-refractivity contribution in [2.75, 3.05) is 31.1 Å². The fourth-order valence-corrected chi connectivity index (χ4v) is 3.48. The monoisotopic (exact) mass is 419 g/mol. The second kappa shape index (κ2) is 8.13. The van der Waals surface area contributed by atoms with E-state index in [1.165, 1.54) is 19.3 Å². The molecular formula is C20H19F2N3O5. The van der Waals surface area contributed by atoms with Gasteiger partial charge in [0.05, 0.1) is 12.2 Å². The van der Waals surface area contributed by atoms with E-state index in [-0.39, 0.29) is 36.2 Å². The number of hydrogen-bond donors (Lipinski definition) is 0. The Labute approximate surface area is 170 Å². The van der Waals surface area contributed by atoms with Crippen LogP contribution in [0.1, 0.15) is 18.9 Å². The Balaban J connectivity index is 1.48. The van der Waals surface area contributed by atoms with Gasteiger partial charge in [0.1, 0.15) is 24.5 Å². The molecule has 158 valence electrons. The second-order valence-corrected chi connectivity index (χ2v) is 6.99. The van der Waals surface area contributed by atoms with E-state index in [4.69, 9.17) is 9.47 Å². The molecule has 1 aromatic carbocycles. The number of carbonyl (C=O) groups excluding carboxylic acids is 2. The largest absolute Gasteiger partial charge is 0.471 e. The van der Waals surface area contributed by atoms with Crippen LogP contribution in [0.4, 0.5) is 19.3 Å². The van der Waals surface area contributed by atoms with E-state index in [1.807, 2.05) is 0 Å². The second-order valence-electron chi connectivity index (χ2n) is 6.99. The fraction of sp³-hybridized carbons (Fsp3) is 0.350. The number of ether oxygens (including phenoxy) is 2. The summed E-state index contributed by atoms with van der Waals surface area (Å²) in [6.07, 6.45) is 1.99. The summed E-state index contributed by atoms with van der Waals surface area (Å²) in [7, 11) is 0. The van der Waals surface area contributed by atoms with Crippen molar-refractivity contribution in [1.29, 1.82) is 0 Å². The number of anilines is 1. The summed E-state index contributed by atoms with van der Waals surface area (Å²) in [6, 6.07) is 3.73. The standard InChI is InChI=1S/C20H19F2N3O5/c1-12(26)24-5-2-13(3-6-24)19-16(21)8-14(9-17(19)22)25-10-15(30-20(25)27)11-28-18-4-7-29-23-18/h2,4,7-9,15H,3,5-6,10-11H2,1H3. The minimum absolute atomic E-state index is 0.0252. The van der Waals surface area contributed by atoms with Gasteiger partial charge >= 0.3 is 6.09 Å². The molecule has 1 atom stereocenters. The zero-order valence-electron chi connectivity index (χ0n) is 16.1. The molecule has 0 N–H and O–H groups in total. The Kier molecular flexibility index (Phi) is 5.39. The summed E-state index contributed by atoms with van der Waals surface area (Å²) in [5.74, 6) is -1.39. The van der Waals surface area contributed by atoms with Gasteiger partial charge in [0.25, 0.3) is 5.88 Å². The molecule has 1 aromatic heterocycles. The number of rotatable bonds is 5. The molecule has 2 aliphatic rings. The SMILES string of the molecule is CC(=O)N1CC=C(c2c(F)cc(N3CC(COc4ccon4)OC3=O)cc2F)CC1. The van der Waals surface area contributed by atoms with E-state index in [0.29, 0.717) is 25.1 Å². The highest BCUT2D eigenvalue weighted by atomic mass is 19.1. The first-order valence-electron chi connectivity index (χ1n) is 9.37. The highest BCUT2D eigenvalue weighted by Crippen LogP contribution is 2.32. The molecule has 0 spiro atoms. The number of nitrogens with zero attached hydrogens (tertiary/aromatic N) is 3. The lowest BCUT2D eigenvalue weighted by molar-refractivity contribution is -0.128. The van der Waals surface area contributed by atoms with E-state index in [0.717, 1.165) is 17.0 Å². The van der Waals surface area contributed by atoms with Crippen molar-refractivity contribution in [3.05, 3.63) is 47.7 Å². The Hall–Kier alpha value is -3.43. The molecule has 30 heavy (non-hydrogen) atoms. The first-order chi connectivity index (χ1) is 14.4. The van der Waals surface area contributed by atoms with Crippen LogP contribution in [0.5, 0.6) is 5.88 Å². The Morgan fingerprint density at radius 3 is 2.70 bits per heavy atom. The van der Waals surface area contributed by atoms with Gasteiger partial charge in [-0.3, -0.25) is 9.69 Å². The minimum atomic E-state index is -0.775. The highest BCUT2D eigenvalue weighted by molar-refractivity contribution is 5.90. The third kappa shape index (κ3) is 3.98. The highest BCUT2D eigenvalue weighted by Gasteiger charge is 2.34. The first kappa shape index (κ1) is 19.9. The number of aromatic nitrogens is 1. The Morgan fingerprint density at radius 1 is 1.33 bits per heavy atom. The summed E-state index contributed by atoms with van der Waals surface area (Å²) in [5.41, 5.74) is 0.418. The average molecular weight is 419 g/mol. The lowest BCUT2D eigenvalue weighted by Gasteiger charge is -2.26. The number of hydrogen-bond acceptors (Lipinski definition) is 6. The van der Waals surface area contributed by atoms with E-state index in [9.17, 15) is 18.4 Å². The predicted molar refractivity (Wildman–Crippen MR) is 101 cm³/mol. The quantitative estimate of drug-likeness (QED) is 0.741. The van der Waals surface area contributed by atoms with Gasteiger partial charge in [0.2, 0.25) is 5.91 Å². The molecule has 0 radical (unpaired) electrons. The molecule has 1 unspecified atom stereocenters. The molecule has 0 saturated carbocycles. The van der Waals surface area contributed by atoms with Crippen molar-refractivity contribution in [2.45, 2.75) is 19.4 Å². The first-order valence-corrected chi connectivity index (χ1v) is 9.37. The molecule has 0 aliphatic carbocycles. The van der Waals surface area contributed by atoms with Crippen LogP contribution in [0.3, 0.4) is 0 Å². The average Bonchev–Trinajstić information content (AvgIpc) is 3.35. The van der Waals surface area contributed by atoms with E-state index in [1.54, 1.807) is 11.0 Å². The maximum Gasteiger partial charge on any atom is 0.414 e. The summed E-state index contributed by atoms with van der Waals surface area (Å²) in [5, 5.41) is 3.59. The van der Waals surface area contributed by atoms with Crippen molar-refractivity contribution in [1.82, 2.24) is 10.1 Å². The van der Waals surface area contributed by atoms with Crippen LogP contribution in [0, 0.1) is 11.6 Å². The van der Waals surface area contributed by atoms with Crippen LogP contribution in [0.25, 0.3) is 5.57 Å². The summed E-state index contributed by atoms with van der Waals surface area (Å²) >= 11 is 0. The molecule has 2 amide bonds. The van der Waals surface area contributed by atoms with Crippen LogP contribution in [-0.2, 0) is 9.53 Å². The molecule has 2 aliphatic heterocycles. The van der Waals surface area contributed by atoms with Gasteiger partial charge < -0.3 is 18.9 Å². The van der Waals surface area contributed by atoms with Crippen LogP contribution < -0.4 is 9.64 Å².